The lowest BCUT2D eigenvalue weighted by atomic mass is 10.2. The molecular formula is C8H4Br2Cl4. The van der Waals surface area contributed by atoms with Crippen molar-refractivity contribution < 1.29 is 0 Å². The fourth-order valence-electron chi connectivity index (χ4n) is 0.957. The van der Waals surface area contributed by atoms with Crippen molar-refractivity contribution in [2.24, 2.45) is 0 Å². The maximum atomic E-state index is 6.08. The first-order chi connectivity index (χ1) is 6.54. The molecule has 14 heavy (non-hydrogen) atoms. The lowest BCUT2D eigenvalue weighted by Gasteiger charge is -2.12. The van der Waals surface area contributed by atoms with Crippen LogP contribution in [0.5, 0.6) is 0 Å². The normalized spacial score (nSPS) is 10.7. The molecule has 6 heteroatoms. The summed E-state index contributed by atoms with van der Waals surface area (Å²) < 4.78 is 1.41. The van der Waals surface area contributed by atoms with Crippen molar-refractivity contribution in [3.63, 3.8) is 0 Å². The smallest absolute Gasteiger partial charge is 0.0607 e. The lowest BCUT2D eigenvalue weighted by molar-refractivity contribution is 1.28. The van der Waals surface area contributed by atoms with E-state index in [9.17, 15) is 0 Å². The summed E-state index contributed by atoms with van der Waals surface area (Å²) in [7, 11) is 0. The van der Waals surface area contributed by atoms with Crippen LogP contribution in [-0.4, -0.2) is 0 Å². The molecule has 78 valence electrons. The number of hydrogen-bond acceptors (Lipinski definition) is 0. The van der Waals surface area contributed by atoms with Gasteiger partial charge in [-0.2, -0.15) is 0 Å². The molecule has 0 N–H and O–H groups in total. The van der Waals surface area contributed by atoms with Crippen molar-refractivity contribution in [2.75, 3.05) is 0 Å². The summed E-state index contributed by atoms with van der Waals surface area (Å²) in [5.41, 5.74) is 1.53. The Morgan fingerprint density at radius 1 is 0.786 bits per heavy atom. The summed E-state index contributed by atoms with van der Waals surface area (Å²) >= 11 is 30.3. The zero-order chi connectivity index (χ0) is 10.9. The van der Waals surface area contributed by atoms with Gasteiger partial charge in [0.15, 0.2) is 0 Å². The minimum atomic E-state index is 0.292. The number of rotatable bonds is 2. The van der Waals surface area contributed by atoms with Crippen LogP contribution in [0.25, 0.3) is 0 Å². The molecule has 0 unspecified atom stereocenters. The van der Waals surface area contributed by atoms with Gasteiger partial charge in [-0.25, -0.2) is 0 Å². The van der Waals surface area contributed by atoms with Gasteiger partial charge in [-0.05, 0) is 31.9 Å². The Bertz CT molecular complexity index is 301. The standard InChI is InChI=1S/C8H4Br2Cl4/c9-5-3(1-11)7(13)6(10)4(2-12)8(5)14/h1-2H2. The third-order valence-corrected chi connectivity index (χ3v) is 5.29. The fourth-order valence-corrected chi connectivity index (χ4v) is 3.89. The molecule has 0 aromatic heterocycles. The molecule has 0 saturated carbocycles. The Morgan fingerprint density at radius 3 is 1.29 bits per heavy atom. The molecular weight excluding hydrogens is 398 g/mol. The summed E-state index contributed by atoms with van der Waals surface area (Å²) in [5.74, 6) is 0.584. The fraction of sp³-hybridized carbons (Fsp3) is 0.250. The van der Waals surface area contributed by atoms with E-state index in [-0.39, 0.29) is 0 Å². The highest BCUT2D eigenvalue weighted by molar-refractivity contribution is 9.11. The molecule has 1 aromatic carbocycles. The third kappa shape index (κ3) is 2.36. The van der Waals surface area contributed by atoms with Gasteiger partial charge in [0.25, 0.3) is 0 Å². The second-order valence-electron chi connectivity index (χ2n) is 2.48. The number of halogens is 6. The minimum Gasteiger partial charge on any atom is -0.121 e. The number of benzene rings is 1. The van der Waals surface area contributed by atoms with Gasteiger partial charge in [0.2, 0.25) is 0 Å². The van der Waals surface area contributed by atoms with Crippen LogP contribution < -0.4 is 0 Å². The highest BCUT2D eigenvalue weighted by atomic mass is 79.9. The molecule has 0 aliphatic carbocycles. The van der Waals surface area contributed by atoms with Crippen LogP contribution in [0.2, 0.25) is 10.0 Å². The number of hydrogen-bond donors (Lipinski definition) is 0. The molecule has 1 aromatic rings. The predicted molar refractivity (Wildman–Crippen MR) is 71.0 cm³/mol. The van der Waals surface area contributed by atoms with Crippen LogP contribution in [-0.2, 0) is 11.8 Å². The Hall–Kier alpha value is 1.34. The van der Waals surface area contributed by atoms with Crippen LogP contribution in [0.3, 0.4) is 0 Å². The monoisotopic (exact) mass is 398 g/mol. The molecule has 1 rings (SSSR count). The van der Waals surface area contributed by atoms with Crippen molar-refractivity contribution in [3.05, 3.63) is 30.1 Å². The van der Waals surface area contributed by atoms with E-state index in [4.69, 9.17) is 46.4 Å². The Morgan fingerprint density at radius 2 is 1.07 bits per heavy atom. The predicted octanol–water partition coefficient (Wildman–Crippen LogP) is 6.00. The van der Waals surface area contributed by atoms with Gasteiger partial charge in [0.1, 0.15) is 0 Å². The van der Waals surface area contributed by atoms with Crippen molar-refractivity contribution >= 4 is 78.3 Å². The molecule has 0 spiro atoms. The topological polar surface area (TPSA) is 0 Å². The molecule has 0 heterocycles. The largest absolute Gasteiger partial charge is 0.121 e. The summed E-state index contributed by atoms with van der Waals surface area (Å²) in [6.45, 7) is 0. The van der Waals surface area contributed by atoms with E-state index in [1.165, 1.54) is 0 Å². The highest BCUT2D eigenvalue weighted by Crippen LogP contribution is 2.42. The summed E-state index contributed by atoms with van der Waals surface area (Å²) in [6, 6.07) is 0. The third-order valence-electron chi connectivity index (χ3n) is 1.71. The van der Waals surface area contributed by atoms with Crippen molar-refractivity contribution in [3.8, 4) is 0 Å². The minimum absolute atomic E-state index is 0.292. The van der Waals surface area contributed by atoms with E-state index in [0.717, 1.165) is 11.1 Å². The molecule has 0 bridgehead atoms. The van der Waals surface area contributed by atoms with E-state index >= 15 is 0 Å². The van der Waals surface area contributed by atoms with Gasteiger partial charge < -0.3 is 0 Å². The Balaban J connectivity index is 3.55. The lowest BCUT2D eigenvalue weighted by Crippen LogP contribution is -1.92. The highest BCUT2D eigenvalue weighted by Gasteiger charge is 2.17. The molecule has 0 atom stereocenters. The van der Waals surface area contributed by atoms with E-state index in [1.54, 1.807) is 0 Å². The molecule has 0 amide bonds. The van der Waals surface area contributed by atoms with E-state index in [0.29, 0.717) is 30.8 Å². The number of alkyl halides is 2. The summed E-state index contributed by atoms with van der Waals surface area (Å²) in [6.07, 6.45) is 0. The van der Waals surface area contributed by atoms with Crippen molar-refractivity contribution in [1.82, 2.24) is 0 Å². The quantitative estimate of drug-likeness (QED) is 0.421. The zero-order valence-corrected chi connectivity index (χ0v) is 12.9. The average molecular weight is 402 g/mol. The van der Waals surface area contributed by atoms with Gasteiger partial charge >= 0.3 is 0 Å². The average Bonchev–Trinajstić information content (AvgIpc) is 2.17. The maximum absolute atomic E-state index is 6.08. The summed E-state index contributed by atoms with van der Waals surface area (Å²) in [4.78, 5) is 0. The van der Waals surface area contributed by atoms with Crippen LogP contribution in [0, 0.1) is 0 Å². The van der Waals surface area contributed by atoms with Crippen LogP contribution in [0.15, 0.2) is 8.95 Å². The van der Waals surface area contributed by atoms with Crippen LogP contribution in [0.4, 0.5) is 0 Å². The van der Waals surface area contributed by atoms with Crippen LogP contribution >= 0.6 is 78.3 Å². The Labute approximate surface area is 119 Å². The Kier molecular flexibility index (Phi) is 5.37. The van der Waals surface area contributed by atoms with Crippen molar-refractivity contribution in [1.29, 1.82) is 0 Å². The first kappa shape index (κ1) is 13.4. The van der Waals surface area contributed by atoms with Gasteiger partial charge in [-0.15, -0.1) is 23.2 Å². The molecule has 0 radical (unpaired) electrons. The second-order valence-corrected chi connectivity index (χ2v) is 5.36. The summed E-state index contributed by atoms with van der Waals surface area (Å²) in [5, 5.41) is 1.10. The maximum Gasteiger partial charge on any atom is 0.0607 e. The first-order valence-electron chi connectivity index (χ1n) is 3.50. The van der Waals surface area contributed by atoms with Crippen LogP contribution in [0.1, 0.15) is 11.1 Å². The van der Waals surface area contributed by atoms with E-state index < -0.39 is 0 Å². The first-order valence-corrected chi connectivity index (χ1v) is 6.91. The van der Waals surface area contributed by atoms with Gasteiger partial charge in [-0.3, -0.25) is 0 Å². The van der Waals surface area contributed by atoms with Gasteiger partial charge in [0, 0.05) is 20.1 Å². The SMILES string of the molecule is ClCc1c(Cl)c(Br)c(CCl)c(Cl)c1Br. The van der Waals surface area contributed by atoms with E-state index in [1.807, 2.05) is 0 Å². The van der Waals surface area contributed by atoms with E-state index in [2.05, 4.69) is 31.9 Å². The molecule has 0 aliphatic heterocycles. The van der Waals surface area contributed by atoms with Crippen molar-refractivity contribution in [2.45, 2.75) is 11.8 Å². The van der Waals surface area contributed by atoms with Gasteiger partial charge in [0.05, 0.1) is 21.8 Å². The van der Waals surface area contributed by atoms with Gasteiger partial charge in [-0.1, -0.05) is 23.2 Å². The molecule has 0 fully saturated rings. The molecule has 0 saturated heterocycles. The zero-order valence-electron chi connectivity index (χ0n) is 6.68. The second kappa shape index (κ2) is 5.60. The molecule has 0 nitrogen and oxygen atoms in total. The molecule has 0 aliphatic rings.